The Balaban J connectivity index is 1.45. The van der Waals surface area contributed by atoms with Gasteiger partial charge in [-0.1, -0.05) is 104 Å². The number of benzene rings is 3. The minimum absolute atomic E-state index is 0.0362. The van der Waals surface area contributed by atoms with E-state index < -0.39 is 24.0 Å². The highest BCUT2D eigenvalue weighted by Gasteiger charge is 2.46. The molecule has 42 heavy (non-hydrogen) atoms. The summed E-state index contributed by atoms with van der Waals surface area (Å²) in [6.07, 6.45) is 8.52. The van der Waals surface area contributed by atoms with Crippen LogP contribution < -0.4 is 4.90 Å². The van der Waals surface area contributed by atoms with Crippen LogP contribution in [0.1, 0.15) is 49.3 Å². The summed E-state index contributed by atoms with van der Waals surface area (Å²) in [7, 11) is 0. The molecule has 1 saturated heterocycles. The van der Waals surface area contributed by atoms with Crippen molar-refractivity contribution in [3.8, 4) is 0 Å². The zero-order valence-corrected chi connectivity index (χ0v) is 24.3. The number of imide groups is 1. The summed E-state index contributed by atoms with van der Waals surface area (Å²) >= 11 is 0. The molecular formula is C36H38N2O4. The van der Waals surface area contributed by atoms with Crippen LogP contribution in [0.25, 0.3) is 0 Å². The minimum Gasteiger partial charge on any atom is -0.447 e. The number of hydrogen-bond acceptors (Lipinski definition) is 5. The Bertz CT molecular complexity index is 1410. The molecule has 2 aliphatic rings. The van der Waals surface area contributed by atoms with Gasteiger partial charge >= 0.3 is 6.09 Å². The van der Waals surface area contributed by atoms with Crippen molar-refractivity contribution in [3.63, 3.8) is 0 Å². The molecule has 6 heteroatoms. The zero-order chi connectivity index (χ0) is 29.5. The van der Waals surface area contributed by atoms with Crippen molar-refractivity contribution in [1.29, 1.82) is 0 Å². The van der Waals surface area contributed by atoms with Crippen molar-refractivity contribution in [2.75, 3.05) is 11.5 Å². The van der Waals surface area contributed by atoms with Crippen LogP contribution in [0, 0.1) is 11.8 Å². The van der Waals surface area contributed by atoms with Crippen molar-refractivity contribution in [2.24, 2.45) is 11.8 Å². The number of carbonyl (C=O) groups is 3. The lowest BCUT2D eigenvalue weighted by atomic mass is 9.80. The molecule has 1 aliphatic carbocycles. The van der Waals surface area contributed by atoms with E-state index in [-0.39, 0.29) is 24.2 Å². The van der Waals surface area contributed by atoms with Crippen molar-refractivity contribution in [3.05, 3.63) is 126 Å². The Kier molecular flexibility index (Phi) is 9.32. The van der Waals surface area contributed by atoms with Crippen LogP contribution in [0.3, 0.4) is 0 Å². The van der Waals surface area contributed by atoms with E-state index >= 15 is 0 Å². The summed E-state index contributed by atoms with van der Waals surface area (Å²) in [6, 6.07) is 28.4. The van der Waals surface area contributed by atoms with Crippen LogP contribution in [0.4, 0.5) is 10.5 Å². The molecule has 0 bridgehead atoms. The first-order chi connectivity index (χ1) is 20.5. The number of ketones is 1. The summed E-state index contributed by atoms with van der Waals surface area (Å²) in [5, 5.41) is 0. The molecule has 0 radical (unpaired) electrons. The third-order valence-electron chi connectivity index (χ3n) is 8.29. The third kappa shape index (κ3) is 6.54. The van der Waals surface area contributed by atoms with Gasteiger partial charge < -0.3 is 9.64 Å². The maximum atomic E-state index is 14.1. The van der Waals surface area contributed by atoms with Crippen LogP contribution in [-0.4, -0.2) is 35.3 Å². The van der Waals surface area contributed by atoms with E-state index in [1.807, 2.05) is 79.8 Å². The molecule has 1 fully saturated rings. The maximum absolute atomic E-state index is 14.1. The van der Waals surface area contributed by atoms with E-state index in [9.17, 15) is 14.4 Å². The molecule has 0 aromatic heterocycles. The van der Waals surface area contributed by atoms with Crippen molar-refractivity contribution in [1.82, 2.24) is 4.90 Å². The van der Waals surface area contributed by atoms with Gasteiger partial charge in [-0.05, 0) is 48.6 Å². The second-order valence-electron chi connectivity index (χ2n) is 11.1. The quantitative estimate of drug-likeness (QED) is 0.234. The molecule has 5 rings (SSSR count). The van der Waals surface area contributed by atoms with Gasteiger partial charge in [0.1, 0.15) is 18.3 Å². The fourth-order valence-electron chi connectivity index (χ4n) is 6.13. The highest BCUT2D eigenvalue weighted by Crippen LogP contribution is 2.36. The van der Waals surface area contributed by atoms with Gasteiger partial charge in [-0.25, -0.2) is 9.69 Å². The number of rotatable bonds is 11. The first-order valence-electron chi connectivity index (χ1n) is 14.7. The molecule has 1 unspecified atom stereocenters. The molecule has 3 aromatic rings. The lowest BCUT2D eigenvalue weighted by Crippen LogP contribution is -2.48. The molecule has 0 spiro atoms. The van der Waals surface area contributed by atoms with Crippen LogP contribution in [0.2, 0.25) is 0 Å². The lowest BCUT2D eigenvalue weighted by molar-refractivity contribution is -0.140. The number of anilines is 1. The van der Waals surface area contributed by atoms with Crippen LogP contribution in [-0.2, 0) is 27.4 Å². The number of Topliss-reactive ketones (excluding diaryl/α,β-unsaturated/α-hetero) is 1. The Labute approximate surface area is 248 Å². The maximum Gasteiger partial charge on any atom is 0.417 e. The van der Waals surface area contributed by atoms with Gasteiger partial charge in [0.2, 0.25) is 5.91 Å². The average Bonchev–Trinajstić information content (AvgIpc) is 3.41. The third-order valence-corrected chi connectivity index (χ3v) is 8.29. The Hall–Kier alpha value is -4.45. The zero-order valence-electron chi connectivity index (χ0n) is 24.3. The van der Waals surface area contributed by atoms with E-state index in [1.165, 1.54) is 23.0 Å². The SMILES string of the molecule is CC[C@H](c1cccc(N(Cc2ccccc2)Cc2ccccc2)c1)[C@@H](C(C)=O)C(=O)N1C(=O)OC[C@H]1C1C=CC=CC1. The highest BCUT2D eigenvalue weighted by atomic mass is 16.6. The van der Waals surface area contributed by atoms with E-state index in [2.05, 4.69) is 41.3 Å². The Morgan fingerprint density at radius 1 is 0.929 bits per heavy atom. The van der Waals surface area contributed by atoms with E-state index in [4.69, 9.17) is 4.74 Å². The van der Waals surface area contributed by atoms with Gasteiger partial charge in [-0.15, -0.1) is 0 Å². The number of amides is 2. The second kappa shape index (κ2) is 13.5. The van der Waals surface area contributed by atoms with E-state index in [0.717, 1.165) is 11.3 Å². The van der Waals surface area contributed by atoms with Crippen LogP contribution >= 0.6 is 0 Å². The summed E-state index contributed by atoms with van der Waals surface area (Å²) < 4.78 is 5.36. The molecule has 4 atom stereocenters. The Morgan fingerprint density at radius 2 is 1.60 bits per heavy atom. The number of carbonyl (C=O) groups excluding carboxylic acids is 3. The molecule has 0 N–H and O–H groups in total. The summed E-state index contributed by atoms with van der Waals surface area (Å²) in [5.41, 5.74) is 4.28. The summed E-state index contributed by atoms with van der Waals surface area (Å²) in [4.78, 5) is 43.6. The summed E-state index contributed by atoms with van der Waals surface area (Å²) in [5.74, 6) is -2.13. The number of ether oxygens (including phenoxy) is 1. The number of nitrogens with zero attached hydrogens (tertiary/aromatic N) is 2. The van der Waals surface area contributed by atoms with Gasteiger partial charge in [0.15, 0.2) is 0 Å². The van der Waals surface area contributed by atoms with Gasteiger partial charge in [-0.3, -0.25) is 9.59 Å². The van der Waals surface area contributed by atoms with Crippen molar-refractivity contribution < 1.29 is 19.1 Å². The van der Waals surface area contributed by atoms with Gasteiger partial charge in [0.25, 0.3) is 0 Å². The minimum atomic E-state index is -0.988. The smallest absolute Gasteiger partial charge is 0.417 e. The molecule has 1 aliphatic heterocycles. The molecular weight excluding hydrogens is 524 g/mol. The van der Waals surface area contributed by atoms with Crippen molar-refractivity contribution >= 4 is 23.5 Å². The topological polar surface area (TPSA) is 66.9 Å². The number of cyclic esters (lactones) is 1. The number of allylic oxidation sites excluding steroid dienone is 3. The predicted molar refractivity (Wildman–Crippen MR) is 165 cm³/mol. The van der Waals surface area contributed by atoms with Crippen LogP contribution in [0.15, 0.2) is 109 Å². The Morgan fingerprint density at radius 3 is 2.17 bits per heavy atom. The first-order valence-corrected chi connectivity index (χ1v) is 14.7. The van der Waals surface area contributed by atoms with Gasteiger partial charge in [0, 0.05) is 30.6 Å². The summed E-state index contributed by atoms with van der Waals surface area (Å²) in [6.45, 7) is 4.98. The molecule has 3 aromatic carbocycles. The normalized spacial score (nSPS) is 19.3. The fraction of sp³-hybridized carbons (Fsp3) is 0.306. The highest BCUT2D eigenvalue weighted by molar-refractivity contribution is 6.06. The molecule has 0 saturated carbocycles. The van der Waals surface area contributed by atoms with Gasteiger partial charge in [-0.2, -0.15) is 0 Å². The van der Waals surface area contributed by atoms with Crippen LogP contribution in [0.5, 0.6) is 0 Å². The largest absolute Gasteiger partial charge is 0.447 e. The second-order valence-corrected chi connectivity index (χ2v) is 11.1. The fourth-order valence-corrected chi connectivity index (χ4v) is 6.13. The van der Waals surface area contributed by atoms with Gasteiger partial charge in [0.05, 0.1) is 6.04 Å². The lowest BCUT2D eigenvalue weighted by Gasteiger charge is -2.32. The number of hydrogen-bond donors (Lipinski definition) is 0. The predicted octanol–water partition coefficient (Wildman–Crippen LogP) is 7.07. The standard InChI is InChI=1S/C36H38N2O4/c1-3-32(34(26(2)39)35(40)38-33(25-42-36(38)41)29-18-11-6-12-19-29)30-20-13-21-31(22-30)37(23-27-14-7-4-8-15-27)24-28-16-9-5-10-17-28/h4-18,20-22,29,32-34H,3,19,23-25H2,1-2H3/t29?,32-,33+,34-/m1/s1. The molecule has 6 nitrogen and oxygen atoms in total. The average molecular weight is 563 g/mol. The molecule has 216 valence electrons. The molecule has 2 amide bonds. The molecule has 1 heterocycles. The first kappa shape index (κ1) is 29.1. The monoisotopic (exact) mass is 562 g/mol. The van der Waals surface area contributed by atoms with Crippen molar-refractivity contribution in [2.45, 2.75) is 51.7 Å². The van der Waals surface area contributed by atoms with E-state index in [0.29, 0.717) is 25.9 Å². The van der Waals surface area contributed by atoms with E-state index in [1.54, 1.807) is 0 Å².